The lowest BCUT2D eigenvalue weighted by Crippen LogP contribution is -2.33. The SMILES string of the molecule is Nc1ncnc2c1nc(NN=Cc1ccco1)n2[C@H]1O[C@@H](CO)[C@H](O)[C@@H]1O. The van der Waals surface area contributed by atoms with Crippen molar-refractivity contribution < 1.29 is 24.5 Å². The van der Waals surface area contributed by atoms with Gasteiger partial charge >= 0.3 is 0 Å². The molecule has 3 aromatic heterocycles. The molecule has 12 nitrogen and oxygen atoms in total. The van der Waals surface area contributed by atoms with E-state index in [1.165, 1.54) is 23.4 Å². The molecule has 0 aliphatic carbocycles. The minimum absolute atomic E-state index is 0.128. The van der Waals surface area contributed by atoms with Gasteiger partial charge in [0.15, 0.2) is 23.2 Å². The lowest BCUT2D eigenvalue weighted by Gasteiger charge is -2.18. The molecule has 4 heterocycles. The number of hydrogen-bond donors (Lipinski definition) is 5. The van der Waals surface area contributed by atoms with Crippen molar-refractivity contribution in [3.63, 3.8) is 0 Å². The van der Waals surface area contributed by atoms with E-state index < -0.39 is 31.1 Å². The number of ether oxygens (including phenoxy) is 1. The number of hydrazone groups is 1. The van der Waals surface area contributed by atoms with E-state index in [2.05, 4.69) is 25.5 Å². The molecular formula is C15H17N7O5. The van der Waals surface area contributed by atoms with Gasteiger partial charge in [0.2, 0.25) is 5.95 Å². The smallest absolute Gasteiger partial charge is 0.228 e. The molecule has 142 valence electrons. The first-order chi connectivity index (χ1) is 13.1. The zero-order chi connectivity index (χ0) is 19.0. The summed E-state index contributed by atoms with van der Waals surface area (Å²) >= 11 is 0. The van der Waals surface area contributed by atoms with Gasteiger partial charge in [-0.25, -0.2) is 20.4 Å². The summed E-state index contributed by atoms with van der Waals surface area (Å²) in [6, 6.07) is 3.43. The molecule has 4 atom stereocenters. The van der Waals surface area contributed by atoms with Gasteiger partial charge in [-0.3, -0.25) is 4.57 Å². The minimum atomic E-state index is -1.33. The van der Waals surface area contributed by atoms with Gasteiger partial charge in [0, 0.05) is 0 Å². The van der Waals surface area contributed by atoms with Gasteiger partial charge in [0.05, 0.1) is 19.1 Å². The fraction of sp³-hybridized carbons (Fsp3) is 0.333. The minimum Gasteiger partial charge on any atom is -0.463 e. The molecule has 3 aromatic rings. The van der Waals surface area contributed by atoms with Crippen LogP contribution < -0.4 is 11.2 Å². The molecule has 0 amide bonds. The third kappa shape index (κ3) is 3.00. The maximum Gasteiger partial charge on any atom is 0.228 e. The Balaban J connectivity index is 1.74. The first kappa shape index (κ1) is 17.4. The molecule has 0 spiro atoms. The van der Waals surface area contributed by atoms with Crippen LogP contribution in [-0.4, -0.2) is 66.0 Å². The predicted molar refractivity (Wildman–Crippen MR) is 92.7 cm³/mol. The predicted octanol–water partition coefficient (Wildman–Crippen LogP) is -0.941. The van der Waals surface area contributed by atoms with Crippen LogP contribution in [0, 0.1) is 0 Å². The van der Waals surface area contributed by atoms with Gasteiger partial charge in [-0.05, 0) is 12.1 Å². The van der Waals surface area contributed by atoms with E-state index in [9.17, 15) is 15.3 Å². The molecule has 0 radical (unpaired) electrons. The van der Waals surface area contributed by atoms with Crippen LogP contribution in [0.5, 0.6) is 0 Å². The molecular weight excluding hydrogens is 358 g/mol. The quantitative estimate of drug-likeness (QED) is 0.276. The second kappa shape index (κ2) is 6.92. The molecule has 1 aliphatic heterocycles. The van der Waals surface area contributed by atoms with E-state index >= 15 is 0 Å². The number of fused-ring (bicyclic) bond motifs is 1. The second-order valence-electron chi connectivity index (χ2n) is 5.85. The van der Waals surface area contributed by atoms with Crippen LogP contribution in [0.3, 0.4) is 0 Å². The summed E-state index contributed by atoms with van der Waals surface area (Å²) in [5, 5.41) is 33.8. The van der Waals surface area contributed by atoms with Gasteiger partial charge in [-0.15, -0.1) is 0 Å². The number of imidazole rings is 1. The lowest BCUT2D eigenvalue weighted by atomic mass is 10.1. The van der Waals surface area contributed by atoms with E-state index in [0.717, 1.165) is 0 Å². The van der Waals surface area contributed by atoms with E-state index in [1.807, 2.05) is 0 Å². The highest BCUT2D eigenvalue weighted by Gasteiger charge is 2.45. The van der Waals surface area contributed by atoms with Crippen molar-refractivity contribution in [3.05, 3.63) is 30.5 Å². The standard InChI is InChI=1S/C15H17N7O5/c16-12-9-13(18-6-17-12)22(14-11(25)10(24)8(5-23)27-14)15(20-9)21-19-4-7-2-1-3-26-7/h1-4,6,8,10-11,14,23-25H,5H2,(H,20,21)(H2,16,17,18)/t8-,10-,11-,14-/m0/s1. The van der Waals surface area contributed by atoms with Crippen LogP contribution in [0.25, 0.3) is 11.2 Å². The molecule has 0 unspecified atom stereocenters. The highest BCUT2D eigenvalue weighted by Crippen LogP contribution is 2.35. The molecule has 0 saturated carbocycles. The number of nitrogens with zero attached hydrogens (tertiary/aromatic N) is 5. The maximum absolute atomic E-state index is 10.4. The summed E-state index contributed by atoms with van der Waals surface area (Å²) in [4.78, 5) is 12.3. The number of anilines is 2. The van der Waals surface area contributed by atoms with Crippen LogP contribution in [-0.2, 0) is 4.74 Å². The van der Waals surface area contributed by atoms with E-state index in [-0.39, 0.29) is 22.9 Å². The molecule has 0 bridgehead atoms. The van der Waals surface area contributed by atoms with Crippen LogP contribution >= 0.6 is 0 Å². The fourth-order valence-corrected chi connectivity index (χ4v) is 2.86. The summed E-state index contributed by atoms with van der Waals surface area (Å²) in [6.45, 7) is -0.460. The number of rotatable bonds is 5. The molecule has 1 saturated heterocycles. The number of aliphatic hydroxyl groups excluding tert-OH is 3. The van der Waals surface area contributed by atoms with Gasteiger partial charge in [-0.2, -0.15) is 5.10 Å². The molecule has 27 heavy (non-hydrogen) atoms. The Hall–Kier alpha value is -3.06. The molecule has 6 N–H and O–H groups in total. The van der Waals surface area contributed by atoms with Gasteiger partial charge in [-0.1, -0.05) is 0 Å². The molecule has 1 aliphatic rings. The number of aromatic nitrogens is 4. The van der Waals surface area contributed by atoms with Crippen molar-refractivity contribution in [2.24, 2.45) is 5.10 Å². The first-order valence-electron chi connectivity index (χ1n) is 8.03. The summed E-state index contributed by atoms with van der Waals surface area (Å²) in [5.41, 5.74) is 9.11. The van der Waals surface area contributed by atoms with Crippen molar-refractivity contribution in [3.8, 4) is 0 Å². The Morgan fingerprint density at radius 2 is 2.19 bits per heavy atom. The van der Waals surface area contributed by atoms with E-state index in [0.29, 0.717) is 5.76 Å². The number of aliphatic hydroxyl groups is 3. The van der Waals surface area contributed by atoms with Crippen molar-refractivity contribution in [2.45, 2.75) is 24.5 Å². The normalized spacial score (nSPS) is 25.6. The average Bonchev–Trinajstić information content (AvgIpc) is 3.36. The molecule has 12 heteroatoms. The second-order valence-corrected chi connectivity index (χ2v) is 5.85. The molecule has 0 aromatic carbocycles. The molecule has 1 fully saturated rings. The van der Waals surface area contributed by atoms with E-state index in [4.69, 9.17) is 14.9 Å². The maximum atomic E-state index is 10.4. The monoisotopic (exact) mass is 375 g/mol. The first-order valence-corrected chi connectivity index (χ1v) is 8.03. The van der Waals surface area contributed by atoms with Crippen molar-refractivity contribution in [1.29, 1.82) is 0 Å². The number of nitrogen functional groups attached to an aromatic ring is 1. The molecule has 4 rings (SSSR count). The third-order valence-corrected chi connectivity index (χ3v) is 4.18. The van der Waals surface area contributed by atoms with Gasteiger partial charge < -0.3 is 30.2 Å². The number of nitrogens with two attached hydrogens (primary N) is 1. The van der Waals surface area contributed by atoms with Gasteiger partial charge in [0.1, 0.15) is 30.4 Å². The van der Waals surface area contributed by atoms with Crippen LogP contribution in [0.15, 0.2) is 34.2 Å². The summed E-state index contributed by atoms with van der Waals surface area (Å²) in [5.74, 6) is 0.788. The largest absolute Gasteiger partial charge is 0.463 e. The van der Waals surface area contributed by atoms with Crippen LogP contribution in [0.4, 0.5) is 11.8 Å². The fourth-order valence-electron chi connectivity index (χ4n) is 2.86. The average molecular weight is 375 g/mol. The number of furan rings is 1. The van der Waals surface area contributed by atoms with Crippen LogP contribution in [0.2, 0.25) is 0 Å². The third-order valence-electron chi connectivity index (χ3n) is 4.18. The Morgan fingerprint density at radius 1 is 1.33 bits per heavy atom. The van der Waals surface area contributed by atoms with E-state index in [1.54, 1.807) is 12.1 Å². The lowest BCUT2D eigenvalue weighted by molar-refractivity contribution is -0.0501. The topological polar surface area (TPSA) is 177 Å². The summed E-state index contributed by atoms with van der Waals surface area (Å²) < 4.78 is 12.1. The Kier molecular flexibility index (Phi) is 4.45. The highest BCUT2D eigenvalue weighted by molar-refractivity contribution is 5.84. The zero-order valence-corrected chi connectivity index (χ0v) is 13.9. The zero-order valence-electron chi connectivity index (χ0n) is 13.9. The number of hydrogen-bond acceptors (Lipinski definition) is 11. The Labute approximate surface area is 151 Å². The van der Waals surface area contributed by atoms with Gasteiger partial charge in [0.25, 0.3) is 0 Å². The summed E-state index contributed by atoms with van der Waals surface area (Å²) in [6.07, 6.45) is -0.463. The summed E-state index contributed by atoms with van der Waals surface area (Å²) in [7, 11) is 0. The number of nitrogens with one attached hydrogen (secondary N) is 1. The highest BCUT2D eigenvalue weighted by atomic mass is 16.6. The van der Waals surface area contributed by atoms with Crippen molar-refractivity contribution in [1.82, 2.24) is 19.5 Å². The Bertz CT molecular complexity index is 957. The van der Waals surface area contributed by atoms with Crippen LogP contribution in [0.1, 0.15) is 12.0 Å². The Morgan fingerprint density at radius 3 is 2.89 bits per heavy atom. The van der Waals surface area contributed by atoms with Crippen molar-refractivity contribution in [2.75, 3.05) is 17.8 Å². The van der Waals surface area contributed by atoms with Crippen molar-refractivity contribution >= 4 is 29.1 Å².